The van der Waals surface area contributed by atoms with Crippen molar-refractivity contribution in [2.75, 3.05) is 18.9 Å². The molecule has 0 saturated heterocycles. The van der Waals surface area contributed by atoms with E-state index in [2.05, 4.69) is 17.3 Å². The number of amides is 1. The third-order valence-electron chi connectivity index (χ3n) is 4.61. The highest BCUT2D eigenvalue weighted by molar-refractivity contribution is 6.39. The summed E-state index contributed by atoms with van der Waals surface area (Å²) in [7, 11) is 1.98. The summed E-state index contributed by atoms with van der Waals surface area (Å²) >= 11 is 12.3. The minimum Gasteiger partial charge on any atom is -0.326 e. The highest BCUT2D eigenvalue weighted by atomic mass is 35.5. The van der Waals surface area contributed by atoms with Gasteiger partial charge in [0.25, 0.3) is 5.91 Å². The number of hydrogen-bond donors (Lipinski definition) is 2. The molecule has 0 bridgehead atoms. The first-order valence-electron chi connectivity index (χ1n) is 9.02. The summed E-state index contributed by atoms with van der Waals surface area (Å²) in [6.07, 6.45) is 0. The molecule has 1 atom stereocenters. The van der Waals surface area contributed by atoms with Gasteiger partial charge in [0.05, 0.1) is 45.4 Å². The fourth-order valence-corrected chi connectivity index (χ4v) is 3.68. The molecule has 0 radical (unpaired) electrons. The molecule has 0 aliphatic carbocycles. The van der Waals surface area contributed by atoms with E-state index < -0.39 is 0 Å². The maximum Gasteiger partial charge on any atom is 0.279 e. The Morgan fingerprint density at radius 3 is 2.36 bits per heavy atom. The lowest BCUT2D eigenvalue weighted by molar-refractivity contribution is -0.885. The van der Waals surface area contributed by atoms with E-state index in [0.29, 0.717) is 22.3 Å². The van der Waals surface area contributed by atoms with Gasteiger partial charge >= 0.3 is 0 Å². The Balaban J connectivity index is 1.69. The Labute approximate surface area is 174 Å². The Hall–Kier alpha value is -2.34. The number of aryl methyl sites for hydroxylation is 1. The predicted octanol–water partition coefficient (Wildman–Crippen LogP) is 3.45. The van der Waals surface area contributed by atoms with E-state index >= 15 is 0 Å². The predicted molar refractivity (Wildman–Crippen MR) is 114 cm³/mol. The van der Waals surface area contributed by atoms with Crippen molar-refractivity contribution >= 4 is 34.8 Å². The first-order chi connectivity index (χ1) is 13.4. The maximum absolute atomic E-state index is 12.4. The van der Waals surface area contributed by atoms with Crippen molar-refractivity contribution < 1.29 is 9.69 Å². The molecule has 0 aliphatic heterocycles. The molecule has 1 amide bonds. The summed E-state index contributed by atoms with van der Waals surface area (Å²) in [6, 6.07) is 15.2. The number of rotatable bonds is 6. The van der Waals surface area contributed by atoms with Crippen molar-refractivity contribution in [3.8, 4) is 5.69 Å². The van der Waals surface area contributed by atoms with Gasteiger partial charge in [0, 0.05) is 0 Å². The lowest BCUT2D eigenvalue weighted by atomic mass is 10.2. The quantitative estimate of drug-likeness (QED) is 0.645. The molecule has 146 valence electrons. The van der Waals surface area contributed by atoms with Crippen molar-refractivity contribution in [2.45, 2.75) is 20.4 Å². The number of carbonyl (C=O) groups is 1. The number of carbonyl (C=O) groups excluding carboxylic acids is 1. The molecule has 3 aromatic rings. The van der Waals surface area contributed by atoms with Crippen LogP contribution in [0, 0.1) is 13.8 Å². The Bertz CT molecular complexity index is 965. The van der Waals surface area contributed by atoms with Gasteiger partial charge < -0.3 is 10.2 Å². The monoisotopic (exact) mass is 417 g/mol. The van der Waals surface area contributed by atoms with E-state index in [-0.39, 0.29) is 12.5 Å². The molecule has 0 spiro atoms. The van der Waals surface area contributed by atoms with Gasteiger partial charge in [0.2, 0.25) is 0 Å². The summed E-state index contributed by atoms with van der Waals surface area (Å²) in [6.45, 7) is 5.03. The van der Waals surface area contributed by atoms with Gasteiger partial charge in [-0.15, -0.1) is 0 Å². The molecule has 28 heavy (non-hydrogen) atoms. The van der Waals surface area contributed by atoms with Crippen LogP contribution >= 0.6 is 23.2 Å². The SMILES string of the molecule is Cc1nn(-c2ccccc2)c(C)c1C[NH+](C)CC(=O)Nc1c(Cl)cccc1Cl. The highest BCUT2D eigenvalue weighted by Crippen LogP contribution is 2.29. The fourth-order valence-electron chi connectivity index (χ4n) is 3.19. The summed E-state index contributed by atoms with van der Waals surface area (Å²) < 4.78 is 1.95. The number of hydrogen-bond acceptors (Lipinski definition) is 2. The lowest BCUT2D eigenvalue weighted by Gasteiger charge is -2.15. The van der Waals surface area contributed by atoms with Crippen LogP contribution < -0.4 is 10.2 Å². The zero-order valence-corrected chi connectivity index (χ0v) is 17.6. The van der Waals surface area contributed by atoms with Crippen molar-refractivity contribution in [1.29, 1.82) is 0 Å². The highest BCUT2D eigenvalue weighted by Gasteiger charge is 2.19. The van der Waals surface area contributed by atoms with Crippen LogP contribution in [-0.2, 0) is 11.3 Å². The number of likely N-dealkylation sites (N-methyl/N-ethyl adjacent to an activating group) is 1. The van der Waals surface area contributed by atoms with E-state index in [9.17, 15) is 4.79 Å². The zero-order chi connectivity index (χ0) is 20.3. The average molecular weight is 418 g/mol. The smallest absolute Gasteiger partial charge is 0.279 e. The van der Waals surface area contributed by atoms with Crippen LogP contribution in [0.1, 0.15) is 17.0 Å². The summed E-state index contributed by atoms with van der Waals surface area (Å²) in [5, 5.41) is 8.33. The van der Waals surface area contributed by atoms with E-state index in [1.54, 1.807) is 18.2 Å². The maximum atomic E-state index is 12.4. The molecule has 1 unspecified atom stereocenters. The molecule has 7 heteroatoms. The number of nitrogens with zero attached hydrogens (tertiary/aromatic N) is 2. The van der Waals surface area contributed by atoms with Crippen LogP contribution in [0.2, 0.25) is 10.0 Å². The number of aromatic nitrogens is 2. The van der Waals surface area contributed by atoms with Crippen molar-refractivity contribution in [1.82, 2.24) is 9.78 Å². The van der Waals surface area contributed by atoms with Crippen molar-refractivity contribution in [2.24, 2.45) is 0 Å². The number of halogens is 2. The van der Waals surface area contributed by atoms with Crippen LogP contribution in [-0.4, -0.2) is 29.3 Å². The Morgan fingerprint density at radius 2 is 1.71 bits per heavy atom. The molecular weight excluding hydrogens is 395 g/mol. The minimum absolute atomic E-state index is 0.141. The zero-order valence-electron chi connectivity index (χ0n) is 16.1. The molecule has 5 nitrogen and oxygen atoms in total. The number of anilines is 1. The molecule has 3 rings (SSSR count). The largest absolute Gasteiger partial charge is 0.326 e. The second-order valence-electron chi connectivity index (χ2n) is 6.85. The van der Waals surface area contributed by atoms with Gasteiger partial charge in [-0.25, -0.2) is 4.68 Å². The summed E-state index contributed by atoms with van der Waals surface area (Å²) in [5.74, 6) is -0.141. The second kappa shape index (κ2) is 8.78. The average Bonchev–Trinajstić information content (AvgIpc) is 2.94. The van der Waals surface area contributed by atoms with Crippen molar-refractivity contribution in [3.63, 3.8) is 0 Å². The van der Waals surface area contributed by atoms with Gasteiger partial charge in [-0.1, -0.05) is 47.5 Å². The van der Waals surface area contributed by atoms with Crippen LogP contribution in [0.3, 0.4) is 0 Å². The number of quaternary nitrogens is 1. The number of nitrogens with one attached hydrogen (secondary N) is 2. The first-order valence-corrected chi connectivity index (χ1v) is 9.78. The second-order valence-corrected chi connectivity index (χ2v) is 7.67. The molecule has 0 aliphatic rings. The van der Waals surface area contributed by atoms with Gasteiger partial charge in [0.15, 0.2) is 6.54 Å². The van der Waals surface area contributed by atoms with E-state index in [4.69, 9.17) is 23.2 Å². The van der Waals surface area contributed by atoms with E-state index in [1.807, 2.05) is 49.0 Å². The molecule has 0 saturated carbocycles. The third-order valence-corrected chi connectivity index (χ3v) is 5.24. The minimum atomic E-state index is -0.141. The first kappa shape index (κ1) is 20.4. The van der Waals surface area contributed by atoms with Crippen LogP contribution in [0.5, 0.6) is 0 Å². The number of benzene rings is 2. The van der Waals surface area contributed by atoms with E-state index in [1.165, 1.54) is 0 Å². The van der Waals surface area contributed by atoms with Crippen molar-refractivity contribution in [3.05, 3.63) is 75.5 Å². The molecule has 2 N–H and O–H groups in total. The Kier molecular flexibility index (Phi) is 6.39. The van der Waals surface area contributed by atoms with Gasteiger partial charge in [-0.2, -0.15) is 5.10 Å². The Morgan fingerprint density at radius 1 is 1.07 bits per heavy atom. The molecule has 1 heterocycles. The molecule has 2 aromatic carbocycles. The van der Waals surface area contributed by atoms with Crippen LogP contribution in [0.25, 0.3) is 5.69 Å². The lowest BCUT2D eigenvalue weighted by Crippen LogP contribution is -3.08. The van der Waals surface area contributed by atoms with E-state index in [0.717, 1.165) is 27.5 Å². The van der Waals surface area contributed by atoms with Crippen LogP contribution in [0.15, 0.2) is 48.5 Å². The van der Waals surface area contributed by atoms with Gasteiger partial charge in [0.1, 0.15) is 6.54 Å². The standard InChI is InChI=1S/C21H22Cl2N4O/c1-14-17(15(2)27(25-14)16-8-5-4-6-9-16)12-26(3)13-20(28)24-21-18(22)10-7-11-19(21)23/h4-11H,12-13H2,1-3H3,(H,24,28)/p+1. The summed E-state index contributed by atoms with van der Waals surface area (Å²) in [4.78, 5) is 13.5. The van der Waals surface area contributed by atoms with Gasteiger partial charge in [-0.05, 0) is 38.1 Å². The molecule has 1 aromatic heterocycles. The van der Waals surface area contributed by atoms with Gasteiger partial charge in [-0.3, -0.25) is 4.79 Å². The third kappa shape index (κ3) is 4.55. The normalized spacial score (nSPS) is 12.0. The molecule has 0 fully saturated rings. The van der Waals surface area contributed by atoms with Crippen LogP contribution in [0.4, 0.5) is 5.69 Å². The summed E-state index contributed by atoms with van der Waals surface area (Å²) in [5.41, 5.74) is 4.67. The number of para-hydroxylation sites is 2. The fraction of sp³-hybridized carbons (Fsp3) is 0.238. The topological polar surface area (TPSA) is 51.4 Å². The molecular formula is C21H23Cl2N4O+.